The Hall–Kier alpha value is -1.77. The minimum Gasteiger partial charge on any atom is -0.493 e. The highest BCUT2D eigenvalue weighted by atomic mass is 127. The zero-order chi connectivity index (χ0) is 17.5. The van der Waals surface area contributed by atoms with Crippen molar-refractivity contribution in [2.24, 2.45) is 4.99 Å². The first kappa shape index (κ1) is 20.5. The van der Waals surface area contributed by atoms with Gasteiger partial charge in [-0.05, 0) is 37.0 Å². The molecule has 0 aliphatic carbocycles. The third-order valence-corrected chi connectivity index (χ3v) is 4.17. The maximum atomic E-state index is 5.55. The number of hydrogen-bond acceptors (Lipinski definition) is 4. The number of halogens is 1. The van der Waals surface area contributed by atoms with Gasteiger partial charge in [-0.15, -0.1) is 24.0 Å². The van der Waals surface area contributed by atoms with Crippen molar-refractivity contribution in [3.63, 3.8) is 0 Å². The monoisotopic (exact) mass is 470 g/mol. The zero-order valence-electron chi connectivity index (χ0n) is 15.4. The molecule has 0 fully saturated rings. The molecule has 1 aliphatic heterocycles. The largest absolute Gasteiger partial charge is 0.493 e. The normalized spacial score (nSPS) is 12.9. The number of benzene rings is 1. The molecule has 0 unspecified atom stereocenters. The highest BCUT2D eigenvalue weighted by Crippen LogP contribution is 2.25. The molecular weight excluding hydrogens is 443 g/mol. The van der Waals surface area contributed by atoms with E-state index in [0.717, 1.165) is 62.1 Å². The number of nitrogens with zero attached hydrogens (tertiary/aromatic N) is 2. The Balaban J connectivity index is 0.00000243. The average Bonchev–Trinajstić information content (AvgIpc) is 3.28. The van der Waals surface area contributed by atoms with Crippen molar-refractivity contribution in [3.8, 4) is 5.75 Å². The molecule has 6 nitrogen and oxygen atoms in total. The number of rotatable bonds is 7. The molecule has 142 valence electrons. The first-order valence-corrected chi connectivity index (χ1v) is 8.99. The van der Waals surface area contributed by atoms with Crippen LogP contribution in [0.2, 0.25) is 0 Å². The number of fused-ring (bicyclic) bond motifs is 1. The second-order valence-electron chi connectivity index (χ2n) is 6.05. The molecule has 3 rings (SSSR count). The van der Waals surface area contributed by atoms with Crippen molar-refractivity contribution >= 4 is 29.9 Å². The summed E-state index contributed by atoms with van der Waals surface area (Å²) >= 11 is 0. The highest BCUT2D eigenvalue weighted by molar-refractivity contribution is 14.0. The predicted octanol–water partition coefficient (Wildman–Crippen LogP) is 3.09. The van der Waals surface area contributed by atoms with E-state index in [0.29, 0.717) is 6.54 Å². The summed E-state index contributed by atoms with van der Waals surface area (Å²) in [4.78, 5) is 4.56. The summed E-state index contributed by atoms with van der Waals surface area (Å²) in [6.45, 7) is 7.04. The lowest BCUT2D eigenvalue weighted by Gasteiger charge is -2.11. The number of ether oxygens (including phenoxy) is 1. The molecule has 0 saturated carbocycles. The molecular formula is C19H27IN4O2. The maximum absolute atomic E-state index is 5.55. The number of guanidine groups is 1. The van der Waals surface area contributed by atoms with Crippen molar-refractivity contribution < 1.29 is 9.26 Å². The van der Waals surface area contributed by atoms with Gasteiger partial charge in [-0.1, -0.05) is 24.2 Å². The van der Waals surface area contributed by atoms with Crippen LogP contribution in [0.5, 0.6) is 5.75 Å². The van der Waals surface area contributed by atoms with Crippen molar-refractivity contribution in [1.29, 1.82) is 0 Å². The Morgan fingerprint density at radius 3 is 2.88 bits per heavy atom. The molecule has 2 heterocycles. The van der Waals surface area contributed by atoms with Crippen LogP contribution in [-0.2, 0) is 25.8 Å². The smallest absolute Gasteiger partial charge is 0.191 e. The molecule has 0 atom stereocenters. The molecule has 1 aliphatic rings. The third-order valence-electron chi connectivity index (χ3n) is 4.17. The van der Waals surface area contributed by atoms with Crippen LogP contribution < -0.4 is 15.4 Å². The highest BCUT2D eigenvalue weighted by Gasteiger charge is 2.11. The number of aliphatic imine (C=N–C) groups is 1. The second kappa shape index (κ2) is 10.4. The van der Waals surface area contributed by atoms with Gasteiger partial charge in [0.1, 0.15) is 12.3 Å². The first-order valence-electron chi connectivity index (χ1n) is 8.99. The Labute approximate surface area is 171 Å². The van der Waals surface area contributed by atoms with E-state index < -0.39 is 0 Å². The number of aryl methyl sites for hydroxylation is 1. The molecule has 0 saturated heterocycles. The fourth-order valence-corrected chi connectivity index (χ4v) is 2.82. The minimum atomic E-state index is 0. The summed E-state index contributed by atoms with van der Waals surface area (Å²) in [6.07, 6.45) is 2.83. The van der Waals surface area contributed by atoms with E-state index in [-0.39, 0.29) is 24.0 Å². The van der Waals surface area contributed by atoms with E-state index in [9.17, 15) is 0 Å². The van der Waals surface area contributed by atoms with Crippen LogP contribution in [-0.4, -0.2) is 30.8 Å². The lowest BCUT2D eigenvalue weighted by atomic mass is 10.1. The Bertz CT molecular complexity index is 730. The van der Waals surface area contributed by atoms with Gasteiger partial charge in [-0.25, -0.2) is 4.99 Å². The van der Waals surface area contributed by atoms with Crippen molar-refractivity contribution in [1.82, 2.24) is 15.8 Å². The standard InChI is InChI=1S/C19H26N4O2.HI/c1-3-16-12-17(25-23-16)13-22-19(20-4-2)21-9-7-14-5-6-18-15(11-14)8-10-24-18;/h5-6,11-12H,3-4,7-10,13H2,1-2H3,(H2,20,21,22);1H. The number of hydrogen-bond donors (Lipinski definition) is 2. The molecule has 7 heteroatoms. The van der Waals surface area contributed by atoms with Crippen LogP contribution >= 0.6 is 24.0 Å². The van der Waals surface area contributed by atoms with Gasteiger partial charge in [-0.3, -0.25) is 0 Å². The van der Waals surface area contributed by atoms with Gasteiger partial charge in [0.25, 0.3) is 0 Å². The SMILES string of the molecule is CCNC(=NCc1cc(CC)no1)NCCc1ccc2c(c1)CCO2.I. The molecule has 1 aromatic carbocycles. The van der Waals surface area contributed by atoms with Crippen molar-refractivity contribution in [2.45, 2.75) is 39.7 Å². The minimum absolute atomic E-state index is 0. The predicted molar refractivity (Wildman–Crippen MR) is 113 cm³/mol. The number of nitrogens with one attached hydrogen (secondary N) is 2. The number of aromatic nitrogens is 1. The quantitative estimate of drug-likeness (QED) is 0.370. The van der Waals surface area contributed by atoms with E-state index >= 15 is 0 Å². The summed E-state index contributed by atoms with van der Waals surface area (Å²) in [5, 5.41) is 10.6. The van der Waals surface area contributed by atoms with Gasteiger partial charge in [0.15, 0.2) is 11.7 Å². The summed E-state index contributed by atoms with van der Waals surface area (Å²) < 4.78 is 10.8. The summed E-state index contributed by atoms with van der Waals surface area (Å²) in [5.41, 5.74) is 3.59. The van der Waals surface area contributed by atoms with Crippen molar-refractivity contribution in [2.75, 3.05) is 19.7 Å². The fourth-order valence-electron chi connectivity index (χ4n) is 2.82. The molecule has 1 aromatic heterocycles. The third kappa shape index (κ3) is 5.62. The zero-order valence-corrected chi connectivity index (χ0v) is 17.7. The lowest BCUT2D eigenvalue weighted by molar-refractivity contribution is 0.357. The lowest BCUT2D eigenvalue weighted by Crippen LogP contribution is -2.38. The van der Waals surface area contributed by atoms with Gasteiger partial charge in [0.05, 0.1) is 12.3 Å². The average molecular weight is 470 g/mol. The van der Waals surface area contributed by atoms with Crippen LogP contribution in [0.3, 0.4) is 0 Å². The van der Waals surface area contributed by atoms with Crippen molar-refractivity contribution in [3.05, 3.63) is 46.8 Å². The van der Waals surface area contributed by atoms with Gasteiger partial charge in [-0.2, -0.15) is 0 Å². The van der Waals surface area contributed by atoms with Crippen LogP contribution in [0.15, 0.2) is 33.8 Å². The maximum Gasteiger partial charge on any atom is 0.191 e. The van der Waals surface area contributed by atoms with E-state index in [2.05, 4.69) is 52.8 Å². The van der Waals surface area contributed by atoms with Gasteiger partial charge < -0.3 is 19.9 Å². The van der Waals surface area contributed by atoms with E-state index in [1.807, 2.05) is 6.07 Å². The summed E-state index contributed by atoms with van der Waals surface area (Å²) in [7, 11) is 0. The Morgan fingerprint density at radius 1 is 1.23 bits per heavy atom. The summed E-state index contributed by atoms with van der Waals surface area (Å²) in [5.74, 6) is 2.61. The van der Waals surface area contributed by atoms with Crippen LogP contribution in [0, 0.1) is 0 Å². The first-order chi connectivity index (χ1) is 12.3. The van der Waals surface area contributed by atoms with Gasteiger partial charge in [0, 0.05) is 25.6 Å². The molecule has 0 spiro atoms. The molecule has 0 radical (unpaired) electrons. The fraction of sp³-hybridized carbons (Fsp3) is 0.474. The van der Waals surface area contributed by atoms with E-state index in [1.54, 1.807) is 0 Å². The van der Waals surface area contributed by atoms with E-state index in [1.165, 1.54) is 11.1 Å². The molecule has 2 aromatic rings. The Kier molecular flexibility index (Phi) is 8.21. The van der Waals surface area contributed by atoms with Gasteiger partial charge >= 0.3 is 0 Å². The second-order valence-corrected chi connectivity index (χ2v) is 6.05. The molecule has 0 bridgehead atoms. The topological polar surface area (TPSA) is 71.7 Å². The Morgan fingerprint density at radius 2 is 2.12 bits per heavy atom. The van der Waals surface area contributed by atoms with Crippen LogP contribution in [0.25, 0.3) is 0 Å². The van der Waals surface area contributed by atoms with Crippen LogP contribution in [0.4, 0.5) is 0 Å². The molecule has 2 N–H and O–H groups in total. The molecule has 0 amide bonds. The summed E-state index contributed by atoms with van der Waals surface area (Å²) in [6, 6.07) is 8.41. The molecule has 26 heavy (non-hydrogen) atoms. The van der Waals surface area contributed by atoms with E-state index in [4.69, 9.17) is 9.26 Å². The van der Waals surface area contributed by atoms with Crippen LogP contribution in [0.1, 0.15) is 36.4 Å². The van der Waals surface area contributed by atoms with Gasteiger partial charge in [0.2, 0.25) is 0 Å².